The number of hydrogen-bond acceptors (Lipinski definition) is 6. The third-order valence-corrected chi connectivity index (χ3v) is 3.67. The van der Waals surface area contributed by atoms with Crippen LogP contribution in [-0.4, -0.2) is 35.9 Å². The van der Waals surface area contributed by atoms with Crippen molar-refractivity contribution in [3.8, 4) is 11.5 Å². The third kappa shape index (κ3) is 4.42. The number of methoxy groups -OCH3 is 2. The van der Waals surface area contributed by atoms with Crippen LogP contribution in [-0.2, 0) is 0 Å². The van der Waals surface area contributed by atoms with E-state index >= 15 is 0 Å². The van der Waals surface area contributed by atoms with Crippen molar-refractivity contribution in [2.24, 2.45) is 10.7 Å². The first-order valence-electron chi connectivity index (χ1n) is 8.27. The van der Waals surface area contributed by atoms with Gasteiger partial charge in [0, 0.05) is 18.3 Å². The number of allylic oxidation sites excluding steroid dienone is 2. The number of benzene rings is 1. The van der Waals surface area contributed by atoms with Gasteiger partial charge in [-0.15, -0.1) is 0 Å². The van der Waals surface area contributed by atoms with Crippen molar-refractivity contribution in [3.05, 3.63) is 66.2 Å². The second-order valence-corrected chi connectivity index (χ2v) is 5.50. The van der Waals surface area contributed by atoms with E-state index in [1.807, 2.05) is 0 Å². The minimum absolute atomic E-state index is 0.0479. The largest absolute Gasteiger partial charge is 0.497 e. The van der Waals surface area contributed by atoms with Gasteiger partial charge in [0.2, 0.25) is 5.89 Å². The molecule has 8 heteroatoms. The number of nitrogens with zero attached hydrogens (tertiary/aromatic N) is 3. The summed E-state index contributed by atoms with van der Waals surface area (Å²) in [5.74, 6) is 0.870. The van der Waals surface area contributed by atoms with Crippen LogP contribution in [0, 0.1) is 0 Å². The van der Waals surface area contributed by atoms with Crippen LogP contribution in [0.4, 0.5) is 0 Å². The van der Waals surface area contributed by atoms with Crippen molar-refractivity contribution in [3.63, 3.8) is 0 Å². The zero-order chi connectivity index (χ0) is 19.9. The van der Waals surface area contributed by atoms with Gasteiger partial charge in [0.1, 0.15) is 17.3 Å². The number of carbonyl (C=O) groups is 1. The predicted molar refractivity (Wildman–Crippen MR) is 105 cm³/mol. The molecule has 0 saturated heterocycles. The molecule has 0 aliphatic heterocycles. The maximum Gasteiger partial charge on any atom is 0.282 e. The molecule has 0 bridgehead atoms. The number of fused-ring (bicyclic) bond motifs is 1. The van der Waals surface area contributed by atoms with Crippen LogP contribution in [0.5, 0.6) is 11.5 Å². The van der Waals surface area contributed by atoms with Crippen molar-refractivity contribution in [2.75, 3.05) is 14.2 Å². The minimum atomic E-state index is -0.518. The van der Waals surface area contributed by atoms with Gasteiger partial charge in [-0.3, -0.25) is 4.79 Å². The number of amidine groups is 1. The number of ether oxygens (including phenoxy) is 2. The average molecular weight is 378 g/mol. The van der Waals surface area contributed by atoms with Gasteiger partial charge >= 0.3 is 0 Å². The van der Waals surface area contributed by atoms with Crippen LogP contribution in [0.25, 0.3) is 17.3 Å². The fourth-order valence-electron chi connectivity index (χ4n) is 2.34. The van der Waals surface area contributed by atoms with Gasteiger partial charge in [-0.25, -0.2) is 4.98 Å². The average Bonchev–Trinajstić information content (AvgIpc) is 3.13. The maximum atomic E-state index is 12.3. The number of carbonyl (C=O) groups excluding carboxylic acids is 1. The first kappa shape index (κ1) is 18.8. The van der Waals surface area contributed by atoms with Gasteiger partial charge < -0.3 is 19.6 Å². The Kier molecular flexibility index (Phi) is 5.81. The lowest BCUT2D eigenvalue weighted by Gasteiger charge is -2.07. The first-order chi connectivity index (χ1) is 13.6. The van der Waals surface area contributed by atoms with Crippen LogP contribution in [0.2, 0.25) is 0 Å². The Bertz CT molecular complexity index is 1050. The molecular formula is C20H18N4O4. The zero-order valence-corrected chi connectivity index (χ0v) is 15.3. The molecule has 0 unspecified atom stereocenters. The topological polar surface area (TPSA) is 113 Å². The second kappa shape index (κ2) is 8.63. The summed E-state index contributed by atoms with van der Waals surface area (Å²) in [6, 6.07) is 8.38. The molecule has 0 atom stereocenters. The second-order valence-electron chi connectivity index (χ2n) is 5.50. The highest BCUT2D eigenvalue weighted by Gasteiger charge is 2.12. The maximum absolute atomic E-state index is 12.3. The summed E-state index contributed by atoms with van der Waals surface area (Å²) in [7, 11) is 2.99. The highest BCUT2D eigenvalue weighted by atomic mass is 16.5. The number of amides is 1. The molecule has 0 aliphatic carbocycles. The molecule has 8 nitrogen and oxygen atoms in total. The zero-order valence-electron chi connectivity index (χ0n) is 15.3. The van der Waals surface area contributed by atoms with Crippen LogP contribution in [0.15, 0.2) is 64.2 Å². The predicted octanol–water partition coefficient (Wildman–Crippen LogP) is 3.01. The number of nitrogens with two attached hydrogens (primary N) is 1. The quantitative estimate of drug-likeness (QED) is 0.398. The molecule has 2 N–H and O–H groups in total. The SMILES string of the molecule is COc1ccc(C(=O)N=C(N)/C=C\C=C\c2nc3ncccc3o2)c(OC)c1. The van der Waals surface area contributed by atoms with E-state index in [2.05, 4.69) is 15.0 Å². The highest BCUT2D eigenvalue weighted by molar-refractivity contribution is 6.07. The lowest BCUT2D eigenvalue weighted by molar-refractivity contribution is 0.1000. The van der Waals surface area contributed by atoms with Crippen molar-refractivity contribution >= 4 is 29.0 Å². The monoisotopic (exact) mass is 378 g/mol. The van der Waals surface area contributed by atoms with E-state index < -0.39 is 5.91 Å². The van der Waals surface area contributed by atoms with E-state index in [4.69, 9.17) is 19.6 Å². The Morgan fingerprint density at radius 2 is 2.07 bits per heavy atom. The van der Waals surface area contributed by atoms with E-state index in [1.165, 1.54) is 20.3 Å². The van der Waals surface area contributed by atoms with Crippen LogP contribution < -0.4 is 15.2 Å². The molecule has 0 spiro atoms. The van der Waals surface area contributed by atoms with E-state index in [0.29, 0.717) is 28.6 Å². The standard InChI is InChI=1S/C20H18N4O4/c1-26-13-9-10-14(16(12-13)27-2)20(25)23-17(21)7-3-4-8-18-24-19-15(28-18)6-5-11-22-19/h3-12H,1-2H3,(H2,21,23,25)/b7-3-,8-4+. The summed E-state index contributed by atoms with van der Waals surface area (Å²) in [4.78, 5) is 24.5. The summed E-state index contributed by atoms with van der Waals surface area (Å²) < 4.78 is 15.8. The molecule has 0 aliphatic rings. The van der Waals surface area contributed by atoms with Gasteiger partial charge in [0.05, 0.1) is 19.8 Å². The van der Waals surface area contributed by atoms with Crippen LogP contribution >= 0.6 is 0 Å². The summed E-state index contributed by atoms with van der Waals surface area (Å²) in [5.41, 5.74) is 7.22. The Morgan fingerprint density at radius 1 is 1.21 bits per heavy atom. The normalized spacial score (nSPS) is 12.1. The minimum Gasteiger partial charge on any atom is -0.497 e. The van der Waals surface area contributed by atoms with Gasteiger partial charge in [0.15, 0.2) is 11.2 Å². The molecule has 142 valence electrons. The van der Waals surface area contributed by atoms with Crippen LogP contribution in [0.1, 0.15) is 16.2 Å². The summed E-state index contributed by atoms with van der Waals surface area (Å²) >= 11 is 0. The first-order valence-corrected chi connectivity index (χ1v) is 8.27. The molecule has 28 heavy (non-hydrogen) atoms. The number of hydrogen-bond donors (Lipinski definition) is 1. The Labute approximate surface area is 161 Å². The molecule has 2 heterocycles. The number of aliphatic imine (C=N–C) groups is 1. The van der Waals surface area contributed by atoms with E-state index in [1.54, 1.807) is 54.8 Å². The summed E-state index contributed by atoms with van der Waals surface area (Å²) in [6.45, 7) is 0. The van der Waals surface area contributed by atoms with Crippen molar-refractivity contribution in [1.82, 2.24) is 9.97 Å². The van der Waals surface area contributed by atoms with E-state index in [0.717, 1.165) is 0 Å². The molecule has 1 amide bonds. The molecule has 1 aromatic carbocycles. The van der Waals surface area contributed by atoms with Gasteiger partial charge in [0.25, 0.3) is 5.91 Å². The Hall–Kier alpha value is -3.94. The van der Waals surface area contributed by atoms with Gasteiger partial charge in [-0.2, -0.15) is 9.98 Å². The van der Waals surface area contributed by atoms with Crippen molar-refractivity contribution in [2.45, 2.75) is 0 Å². The molecule has 3 aromatic rings. The van der Waals surface area contributed by atoms with Gasteiger partial charge in [-0.05, 0) is 30.3 Å². The molecular weight excluding hydrogens is 360 g/mol. The van der Waals surface area contributed by atoms with Gasteiger partial charge in [-0.1, -0.05) is 12.2 Å². The van der Waals surface area contributed by atoms with Crippen molar-refractivity contribution in [1.29, 1.82) is 0 Å². The smallest absolute Gasteiger partial charge is 0.282 e. The molecule has 0 fully saturated rings. The highest BCUT2D eigenvalue weighted by Crippen LogP contribution is 2.25. The number of oxazole rings is 1. The lowest BCUT2D eigenvalue weighted by atomic mass is 10.2. The van der Waals surface area contributed by atoms with E-state index in [9.17, 15) is 4.79 Å². The summed E-state index contributed by atoms with van der Waals surface area (Å²) in [5, 5.41) is 0. The number of rotatable bonds is 6. The lowest BCUT2D eigenvalue weighted by Crippen LogP contribution is -2.11. The van der Waals surface area contributed by atoms with Crippen LogP contribution in [0.3, 0.4) is 0 Å². The third-order valence-electron chi connectivity index (χ3n) is 3.67. The molecule has 3 rings (SSSR count). The fourth-order valence-corrected chi connectivity index (χ4v) is 2.34. The molecule has 0 saturated carbocycles. The fraction of sp³-hybridized carbons (Fsp3) is 0.100. The Balaban J connectivity index is 1.68. The van der Waals surface area contributed by atoms with Crippen molar-refractivity contribution < 1.29 is 18.7 Å². The Morgan fingerprint density at radius 3 is 2.82 bits per heavy atom. The number of aromatic nitrogens is 2. The number of pyridine rings is 1. The van der Waals surface area contributed by atoms with E-state index in [-0.39, 0.29) is 11.4 Å². The molecule has 0 radical (unpaired) electrons. The molecule has 2 aromatic heterocycles. The summed E-state index contributed by atoms with van der Waals surface area (Å²) in [6.07, 6.45) is 8.08.